The monoisotopic (exact) mass is 368 g/mol. The van der Waals surface area contributed by atoms with E-state index in [9.17, 15) is 9.59 Å². The molecule has 0 saturated heterocycles. The first kappa shape index (κ1) is 16.5. The minimum Gasteiger partial charge on any atom is -0.485 e. The predicted molar refractivity (Wildman–Crippen MR) is 86.7 cm³/mol. The van der Waals surface area contributed by atoms with Crippen molar-refractivity contribution in [2.75, 3.05) is 18.6 Å². The molecule has 22 heavy (non-hydrogen) atoms. The number of carbonyl (C=O) groups is 2. The lowest BCUT2D eigenvalue weighted by Crippen LogP contribution is -2.35. The number of aliphatic imine (C=N–C) groups is 1. The molecule has 0 atom stereocenters. The van der Waals surface area contributed by atoms with Crippen LogP contribution in [0.15, 0.2) is 27.7 Å². The maximum Gasteiger partial charge on any atom is 0.434 e. The van der Waals surface area contributed by atoms with Crippen LogP contribution in [0.5, 0.6) is 5.75 Å². The van der Waals surface area contributed by atoms with Crippen LogP contribution in [0.4, 0.5) is 10.5 Å². The average Bonchev–Trinajstić information content (AvgIpc) is 2.50. The lowest BCUT2D eigenvalue weighted by Gasteiger charge is -2.18. The molecule has 0 bridgehead atoms. The van der Waals surface area contributed by atoms with E-state index in [0.717, 1.165) is 4.47 Å². The van der Waals surface area contributed by atoms with Gasteiger partial charge in [0.25, 0.3) is 5.91 Å². The fourth-order valence-corrected chi connectivity index (χ4v) is 2.21. The highest BCUT2D eigenvalue weighted by Gasteiger charge is 2.27. The van der Waals surface area contributed by atoms with Gasteiger partial charge in [-0.05, 0) is 39.0 Å². The van der Waals surface area contributed by atoms with Crippen molar-refractivity contribution in [2.24, 2.45) is 4.99 Å². The average molecular weight is 369 g/mol. The van der Waals surface area contributed by atoms with E-state index in [4.69, 9.17) is 9.47 Å². The molecule has 1 aliphatic heterocycles. The van der Waals surface area contributed by atoms with E-state index in [1.807, 2.05) is 6.07 Å². The molecular weight excluding hydrogens is 352 g/mol. The van der Waals surface area contributed by atoms with Crippen LogP contribution < -0.4 is 9.64 Å². The summed E-state index contributed by atoms with van der Waals surface area (Å²) in [5.41, 5.74) is -0.0620. The van der Waals surface area contributed by atoms with Crippen LogP contribution in [-0.2, 0) is 9.53 Å². The maximum absolute atomic E-state index is 12.4. The molecule has 0 fully saturated rings. The number of carbonyl (C=O) groups excluding carboxylic acids is 2. The molecule has 2 amide bonds. The van der Waals surface area contributed by atoms with E-state index >= 15 is 0 Å². The van der Waals surface area contributed by atoms with E-state index in [0.29, 0.717) is 11.4 Å². The molecule has 1 heterocycles. The van der Waals surface area contributed by atoms with E-state index in [1.165, 1.54) is 4.90 Å². The third-order valence-electron chi connectivity index (χ3n) is 2.82. The standard InChI is InChI=1S/C15H17BrN2O4/c1-15(2,3)22-14(20)17-10-8-21-12-6-5-9(16)7-11(12)18(4)13(10)19/h5-7H,8H2,1-4H3/b17-10+. The summed E-state index contributed by atoms with van der Waals surface area (Å²) in [5.74, 6) is 0.149. The number of halogens is 1. The van der Waals surface area contributed by atoms with Crippen molar-refractivity contribution in [3.8, 4) is 5.75 Å². The number of rotatable bonds is 0. The Morgan fingerprint density at radius 2 is 2.09 bits per heavy atom. The molecule has 0 saturated carbocycles. The Bertz CT molecular complexity index is 649. The van der Waals surface area contributed by atoms with E-state index in [2.05, 4.69) is 20.9 Å². The zero-order valence-corrected chi connectivity index (χ0v) is 14.4. The normalized spacial score (nSPS) is 16.9. The Morgan fingerprint density at radius 1 is 1.41 bits per heavy atom. The molecule has 0 aliphatic carbocycles. The largest absolute Gasteiger partial charge is 0.485 e. The van der Waals surface area contributed by atoms with Gasteiger partial charge >= 0.3 is 6.09 Å². The van der Waals surface area contributed by atoms with E-state index in [1.54, 1.807) is 40.0 Å². The first-order chi connectivity index (χ1) is 10.2. The minimum absolute atomic E-state index is 0.00377. The minimum atomic E-state index is -0.806. The van der Waals surface area contributed by atoms with Crippen LogP contribution in [0.3, 0.4) is 0 Å². The third kappa shape index (κ3) is 3.85. The van der Waals surface area contributed by atoms with Crippen molar-refractivity contribution in [1.82, 2.24) is 0 Å². The number of amides is 2. The topological polar surface area (TPSA) is 68.2 Å². The van der Waals surface area contributed by atoms with E-state index in [-0.39, 0.29) is 12.3 Å². The smallest absolute Gasteiger partial charge is 0.434 e. The van der Waals surface area contributed by atoms with E-state index < -0.39 is 17.6 Å². The van der Waals surface area contributed by atoms with Crippen LogP contribution in [-0.4, -0.2) is 37.0 Å². The Hall–Kier alpha value is -1.89. The van der Waals surface area contributed by atoms with Crippen LogP contribution in [0.2, 0.25) is 0 Å². The van der Waals surface area contributed by atoms with Crippen molar-refractivity contribution in [1.29, 1.82) is 0 Å². The number of nitrogens with zero attached hydrogens (tertiary/aromatic N) is 2. The van der Waals surface area contributed by atoms with Gasteiger partial charge in [0.2, 0.25) is 0 Å². The SMILES string of the molecule is CN1C(=O)/C(=N/C(=O)OC(C)(C)C)COc2ccc(Br)cc21. The van der Waals surface area contributed by atoms with Gasteiger partial charge in [-0.15, -0.1) is 0 Å². The molecule has 0 N–H and O–H groups in total. The summed E-state index contributed by atoms with van der Waals surface area (Å²) in [6, 6.07) is 5.33. The molecule has 0 spiro atoms. The molecule has 0 unspecified atom stereocenters. The zero-order chi connectivity index (χ0) is 16.5. The van der Waals surface area contributed by atoms with Crippen LogP contribution in [0, 0.1) is 0 Å². The molecular formula is C15H17BrN2O4. The van der Waals surface area contributed by atoms with Gasteiger partial charge in [0.05, 0.1) is 5.69 Å². The fourth-order valence-electron chi connectivity index (χ4n) is 1.86. The molecule has 1 aromatic carbocycles. The van der Waals surface area contributed by atoms with Crippen LogP contribution in [0.1, 0.15) is 20.8 Å². The molecule has 2 rings (SSSR count). The molecule has 1 aliphatic rings. The summed E-state index contributed by atoms with van der Waals surface area (Å²) < 4.78 is 11.5. The lowest BCUT2D eigenvalue weighted by molar-refractivity contribution is -0.112. The summed E-state index contributed by atoms with van der Waals surface area (Å²) in [6.45, 7) is 5.11. The number of ether oxygens (including phenoxy) is 2. The highest BCUT2D eigenvalue weighted by Crippen LogP contribution is 2.32. The number of fused-ring (bicyclic) bond motifs is 1. The second-order valence-electron chi connectivity index (χ2n) is 5.80. The Morgan fingerprint density at radius 3 is 2.73 bits per heavy atom. The van der Waals surface area contributed by atoms with Crippen LogP contribution in [0.25, 0.3) is 0 Å². The quantitative estimate of drug-likeness (QED) is 0.705. The fraction of sp³-hybridized carbons (Fsp3) is 0.400. The molecule has 0 radical (unpaired) electrons. The van der Waals surface area contributed by atoms with Crippen molar-refractivity contribution in [3.05, 3.63) is 22.7 Å². The number of hydrogen-bond donors (Lipinski definition) is 0. The molecule has 1 aromatic rings. The summed E-state index contributed by atoms with van der Waals surface area (Å²) in [5, 5.41) is 0. The first-order valence-electron chi connectivity index (χ1n) is 6.68. The summed E-state index contributed by atoms with van der Waals surface area (Å²) in [6.07, 6.45) is -0.806. The highest BCUT2D eigenvalue weighted by molar-refractivity contribution is 9.10. The van der Waals surface area contributed by atoms with Gasteiger partial charge in [-0.2, -0.15) is 4.99 Å². The zero-order valence-electron chi connectivity index (χ0n) is 12.8. The molecule has 7 heteroatoms. The Labute approximate surface area is 137 Å². The van der Waals surface area contributed by atoms with Crippen LogP contribution >= 0.6 is 15.9 Å². The summed E-state index contributed by atoms with van der Waals surface area (Å²) >= 11 is 3.35. The van der Waals surface area contributed by atoms with Gasteiger partial charge in [0.15, 0.2) is 5.71 Å². The van der Waals surface area contributed by atoms with Gasteiger partial charge in [0.1, 0.15) is 18.0 Å². The van der Waals surface area contributed by atoms with Gasteiger partial charge in [-0.25, -0.2) is 4.79 Å². The highest BCUT2D eigenvalue weighted by atomic mass is 79.9. The number of benzene rings is 1. The van der Waals surface area contributed by atoms with Gasteiger partial charge < -0.3 is 14.4 Å². The predicted octanol–water partition coefficient (Wildman–Crippen LogP) is 3.18. The maximum atomic E-state index is 12.4. The van der Waals surface area contributed by atoms with Gasteiger partial charge in [0, 0.05) is 11.5 Å². The van der Waals surface area contributed by atoms with Crippen molar-refractivity contribution >= 4 is 39.3 Å². The molecule has 0 aromatic heterocycles. The number of anilines is 1. The Kier molecular flexibility index (Phi) is 4.55. The molecule has 6 nitrogen and oxygen atoms in total. The van der Waals surface area contributed by atoms with Gasteiger partial charge in [-0.3, -0.25) is 4.79 Å². The summed E-state index contributed by atoms with van der Waals surface area (Å²) in [7, 11) is 1.60. The van der Waals surface area contributed by atoms with Crippen molar-refractivity contribution in [2.45, 2.75) is 26.4 Å². The third-order valence-corrected chi connectivity index (χ3v) is 3.31. The second kappa shape index (κ2) is 6.08. The second-order valence-corrected chi connectivity index (χ2v) is 6.72. The van der Waals surface area contributed by atoms with Crippen molar-refractivity contribution in [3.63, 3.8) is 0 Å². The lowest BCUT2D eigenvalue weighted by atomic mass is 10.2. The Balaban J connectivity index is 2.28. The summed E-state index contributed by atoms with van der Waals surface area (Å²) in [4.78, 5) is 29.3. The molecule has 118 valence electrons. The van der Waals surface area contributed by atoms with Gasteiger partial charge in [-0.1, -0.05) is 15.9 Å². The van der Waals surface area contributed by atoms with Crippen molar-refractivity contribution < 1.29 is 19.1 Å². The first-order valence-corrected chi connectivity index (χ1v) is 7.47. The number of hydrogen-bond acceptors (Lipinski definition) is 4.